The number of likely N-dealkylation sites (N-methyl/N-ethyl adjacent to an activating group) is 1. The predicted octanol–water partition coefficient (Wildman–Crippen LogP) is 1.03. The summed E-state index contributed by atoms with van der Waals surface area (Å²) < 4.78 is 36.9. The number of piperidine rings is 1. The van der Waals surface area contributed by atoms with Gasteiger partial charge in [0.05, 0.1) is 6.54 Å². The Labute approximate surface area is 117 Å². The van der Waals surface area contributed by atoms with Crippen LogP contribution in [0.4, 0.5) is 13.2 Å². The Morgan fingerprint density at radius 1 is 1.05 bits per heavy atom. The molecular weight excluding hydrogens is 271 g/mol. The third-order valence-corrected chi connectivity index (χ3v) is 4.15. The van der Waals surface area contributed by atoms with E-state index in [0.29, 0.717) is 25.9 Å². The van der Waals surface area contributed by atoms with E-state index in [9.17, 15) is 18.0 Å². The smallest absolute Gasteiger partial charge is 0.340 e. The lowest BCUT2D eigenvalue weighted by molar-refractivity contribution is -0.151. The molecule has 2 saturated heterocycles. The van der Waals surface area contributed by atoms with Gasteiger partial charge in [0.25, 0.3) is 0 Å². The first kappa shape index (κ1) is 15.6. The largest absolute Gasteiger partial charge is 0.401 e. The van der Waals surface area contributed by atoms with E-state index in [0.717, 1.165) is 26.2 Å². The highest BCUT2D eigenvalue weighted by molar-refractivity contribution is 5.79. The highest BCUT2D eigenvalue weighted by atomic mass is 19.4. The van der Waals surface area contributed by atoms with Crippen LogP contribution in [-0.2, 0) is 4.79 Å². The van der Waals surface area contributed by atoms with Crippen molar-refractivity contribution in [2.24, 2.45) is 5.92 Å². The number of rotatable bonds is 2. The third-order valence-electron chi connectivity index (χ3n) is 4.15. The topological polar surface area (TPSA) is 26.8 Å². The summed E-state index contributed by atoms with van der Waals surface area (Å²) in [4.78, 5) is 17.8. The molecule has 0 aliphatic carbocycles. The molecule has 0 radical (unpaired) electrons. The summed E-state index contributed by atoms with van der Waals surface area (Å²) in [6.45, 7) is 3.09. The average Bonchev–Trinajstić information content (AvgIpc) is 2.38. The summed E-state index contributed by atoms with van der Waals surface area (Å²) in [5.74, 6) is 0.0349. The zero-order valence-corrected chi connectivity index (χ0v) is 11.8. The van der Waals surface area contributed by atoms with Gasteiger partial charge in [0, 0.05) is 32.1 Å². The van der Waals surface area contributed by atoms with Crippen molar-refractivity contribution < 1.29 is 18.0 Å². The van der Waals surface area contributed by atoms with Crippen molar-refractivity contribution in [1.82, 2.24) is 14.7 Å². The number of halogens is 3. The first-order chi connectivity index (χ1) is 9.35. The fraction of sp³-hybridized carbons (Fsp3) is 0.923. The fourth-order valence-corrected chi connectivity index (χ4v) is 2.88. The number of carbonyl (C=O) groups excluding carboxylic acids is 1. The molecule has 0 atom stereocenters. The van der Waals surface area contributed by atoms with Gasteiger partial charge in [-0.25, -0.2) is 0 Å². The number of likely N-dealkylation sites (tertiary alicyclic amines) is 1. The number of amides is 1. The number of alkyl halides is 3. The Morgan fingerprint density at radius 2 is 1.60 bits per heavy atom. The standard InChI is InChI=1S/C13H22F3N3O/c1-17-6-8-19(9-7-17)12(20)11-2-4-18(5-3-11)10-13(14,15)16/h11H,2-10H2,1H3. The van der Waals surface area contributed by atoms with E-state index in [1.807, 2.05) is 11.9 Å². The number of piperazine rings is 1. The number of carbonyl (C=O) groups is 1. The summed E-state index contributed by atoms with van der Waals surface area (Å²) >= 11 is 0. The molecule has 0 bridgehead atoms. The van der Waals surface area contributed by atoms with Crippen LogP contribution in [0, 0.1) is 5.92 Å². The maximum atomic E-state index is 12.3. The van der Waals surface area contributed by atoms with Crippen molar-refractivity contribution in [2.75, 3.05) is 52.9 Å². The van der Waals surface area contributed by atoms with E-state index in [4.69, 9.17) is 0 Å². The Morgan fingerprint density at radius 3 is 2.10 bits per heavy atom. The molecule has 0 unspecified atom stereocenters. The summed E-state index contributed by atoms with van der Waals surface area (Å²) in [7, 11) is 2.03. The van der Waals surface area contributed by atoms with Gasteiger partial charge in [0.2, 0.25) is 5.91 Å². The van der Waals surface area contributed by atoms with E-state index in [2.05, 4.69) is 4.90 Å². The Balaban J connectivity index is 1.77. The van der Waals surface area contributed by atoms with E-state index >= 15 is 0 Å². The van der Waals surface area contributed by atoms with Gasteiger partial charge < -0.3 is 9.80 Å². The normalized spacial score (nSPS) is 24.1. The minimum Gasteiger partial charge on any atom is -0.340 e. The fourth-order valence-electron chi connectivity index (χ4n) is 2.88. The van der Waals surface area contributed by atoms with Crippen molar-refractivity contribution in [3.8, 4) is 0 Å². The van der Waals surface area contributed by atoms with E-state index < -0.39 is 12.7 Å². The molecule has 2 aliphatic heterocycles. The molecule has 7 heteroatoms. The lowest BCUT2D eigenvalue weighted by Crippen LogP contribution is -2.51. The van der Waals surface area contributed by atoms with Gasteiger partial charge in [-0.05, 0) is 33.0 Å². The molecule has 0 aromatic carbocycles. The Kier molecular flexibility index (Phi) is 4.90. The molecule has 20 heavy (non-hydrogen) atoms. The summed E-state index contributed by atoms with van der Waals surface area (Å²) in [6.07, 6.45) is -3.06. The van der Waals surface area contributed by atoms with Crippen LogP contribution in [0.2, 0.25) is 0 Å². The van der Waals surface area contributed by atoms with Crippen LogP contribution in [-0.4, -0.2) is 79.6 Å². The van der Waals surface area contributed by atoms with Crippen molar-refractivity contribution in [3.05, 3.63) is 0 Å². The predicted molar refractivity (Wildman–Crippen MR) is 69.3 cm³/mol. The number of hydrogen-bond donors (Lipinski definition) is 0. The van der Waals surface area contributed by atoms with Gasteiger partial charge in [0.15, 0.2) is 0 Å². The van der Waals surface area contributed by atoms with Crippen molar-refractivity contribution in [1.29, 1.82) is 0 Å². The van der Waals surface area contributed by atoms with Gasteiger partial charge in [-0.15, -0.1) is 0 Å². The second-order valence-electron chi connectivity index (χ2n) is 5.79. The van der Waals surface area contributed by atoms with Crippen LogP contribution < -0.4 is 0 Å². The lowest BCUT2D eigenvalue weighted by Gasteiger charge is -2.37. The average molecular weight is 293 g/mol. The lowest BCUT2D eigenvalue weighted by atomic mass is 9.95. The van der Waals surface area contributed by atoms with E-state index in [-0.39, 0.29) is 11.8 Å². The van der Waals surface area contributed by atoms with Gasteiger partial charge in [-0.2, -0.15) is 13.2 Å². The van der Waals surface area contributed by atoms with Gasteiger partial charge in [-0.3, -0.25) is 9.69 Å². The molecule has 4 nitrogen and oxygen atoms in total. The van der Waals surface area contributed by atoms with Crippen LogP contribution in [0.25, 0.3) is 0 Å². The van der Waals surface area contributed by atoms with Crippen LogP contribution in [0.1, 0.15) is 12.8 Å². The number of nitrogens with zero attached hydrogens (tertiary/aromatic N) is 3. The molecule has 0 N–H and O–H groups in total. The highest BCUT2D eigenvalue weighted by Gasteiger charge is 2.35. The summed E-state index contributed by atoms with van der Waals surface area (Å²) in [5.41, 5.74) is 0. The molecule has 2 aliphatic rings. The molecular formula is C13H22F3N3O. The molecule has 2 rings (SSSR count). The summed E-state index contributed by atoms with van der Waals surface area (Å²) in [5, 5.41) is 0. The minimum absolute atomic E-state index is 0.0945. The minimum atomic E-state index is -4.14. The van der Waals surface area contributed by atoms with Crippen LogP contribution >= 0.6 is 0 Å². The first-order valence-electron chi connectivity index (χ1n) is 7.11. The van der Waals surface area contributed by atoms with Gasteiger partial charge in [0.1, 0.15) is 0 Å². The van der Waals surface area contributed by atoms with Crippen molar-refractivity contribution in [2.45, 2.75) is 19.0 Å². The van der Waals surface area contributed by atoms with Gasteiger partial charge >= 0.3 is 6.18 Å². The molecule has 0 aromatic rings. The van der Waals surface area contributed by atoms with Crippen molar-refractivity contribution in [3.63, 3.8) is 0 Å². The molecule has 2 fully saturated rings. The monoisotopic (exact) mass is 293 g/mol. The quantitative estimate of drug-likeness (QED) is 0.761. The zero-order chi connectivity index (χ0) is 14.8. The van der Waals surface area contributed by atoms with Crippen LogP contribution in [0.3, 0.4) is 0 Å². The zero-order valence-electron chi connectivity index (χ0n) is 11.8. The van der Waals surface area contributed by atoms with E-state index in [1.54, 1.807) is 0 Å². The van der Waals surface area contributed by atoms with Crippen LogP contribution in [0.5, 0.6) is 0 Å². The second kappa shape index (κ2) is 6.30. The summed E-state index contributed by atoms with van der Waals surface area (Å²) in [6, 6.07) is 0. The SMILES string of the molecule is CN1CCN(C(=O)C2CCN(CC(F)(F)F)CC2)CC1. The molecule has 0 spiro atoms. The first-order valence-corrected chi connectivity index (χ1v) is 7.11. The Hall–Kier alpha value is -0.820. The maximum absolute atomic E-state index is 12.3. The third kappa shape index (κ3) is 4.34. The molecule has 1 amide bonds. The second-order valence-corrected chi connectivity index (χ2v) is 5.79. The Bertz CT molecular complexity index is 332. The van der Waals surface area contributed by atoms with Gasteiger partial charge in [-0.1, -0.05) is 0 Å². The number of hydrogen-bond acceptors (Lipinski definition) is 3. The molecule has 0 saturated carbocycles. The van der Waals surface area contributed by atoms with Crippen LogP contribution in [0.15, 0.2) is 0 Å². The van der Waals surface area contributed by atoms with Crippen molar-refractivity contribution >= 4 is 5.91 Å². The molecule has 0 aromatic heterocycles. The van der Waals surface area contributed by atoms with E-state index in [1.165, 1.54) is 4.90 Å². The molecule has 2 heterocycles. The molecule has 116 valence electrons. The highest BCUT2D eigenvalue weighted by Crippen LogP contribution is 2.24. The maximum Gasteiger partial charge on any atom is 0.401 e.